The molecule has 0 fully saturated rings. The van der Waals surface area contributed by atoms with E-state index in [0.717, 1.165) is 11.1 Å². The van der Waals surface area contributed by atoms with Crippen LogP contribution in [0, 0.1) is 29.4 Å². The molecule has 2 amide bonds. The molecule has 0 bridgehead atoms. The topological polar surface area (TPSA) is 75.5 Å². The number of carbonyl (C=O) groups excluding carboxylic acids is 1. The Hall–Kier alpha value is -3.33. The van der Waals surface area contributed by atoms with Gasteiger partial charge in [-0.3, -0.25) is 10.1 Å². The molecule has 0 aromatic heterocycles. The minimum Gasteiger partial charge on any atom is -0.331 e. The van der Waals surface area contributed by atoms with Gasteiger partial charge >= 0.3 is 6.03 Å². The van der Waals surface area contributed by atoms with Crippen molar-refractivity contribution in [3.05, 3.63) is 75.3 Å². The van der Waals surface area contributed by atoms with Crippen molar-refractivity contribution in [2.24, 2.45) is 0 Å². The van der Waals surface area contributed by atoms with E-state index in [1.807, 2.05) is 31.2 Å². The van der Waals surface area contributed by atoms with Crippen molar-refractivity contribution in [1.82, 2.24) is 10.2 Å². The molecule has 1 N–H and O–H groups in total. The monoisotopic (exact) mass is 351 g/mol. The van der Waals surface area contributed by atoms with Crippen molar-refractivity contribution in [2.75, 3.05) is 6.54 Å². The first-order chi connectivity index (χ1) is 12.4. The Bertz CT molecular complexity index is 825. The number of non-ortho nitro benzene ring substituents is 1. The van der Waals surface area contributed by atoms with Crippen LogP contribution in [0.3, 0.4) is 0 Å². The Labute approximate surface area is 153 Å². The van der Waals surface area contributed by atoms with Crippen LogP contribution in [0.4, 0.5) is 10.5 Å². The molecule has 0 spiro atoms. The van der Waals surface area contributed by atoms with Crippen LogP contribution in [-0.4, -0.2) is 22.4 Å². The van der Waals surface area contributed by atoms with Crippen LogP contribution in [0.15, 0.2) is 48.5 Å². The highest BCUT2D eigenvalue weighted by atomic mass is 16.6. The molecule has 0 radical (unpaired) electrons. The van der Waals surface area contributed by atoms with Gasteiger partial charge in [0.05, 0.1) is 17.5 Å². The molecule has 0 heterocycles. The molecule has 0 aliphatic heterocycles. The number of hydrogen-bond donors (Lipinski definition) is 1. The van der Waals surface area contributed by atoms with Gasteiger partial charge < -0.3 is 10.2 Å². The molecule has 0 aliphatic rings. The Morgan fingerprint density at radius 3 is 2.62 bits per heavy atom. The fourth-order valence-electron chi connectivity index (χ4n) is 2.49. The molecule has 6 nitrogen and oxygen atoms in total. The van der Waals surface area contributed by atoms with Gasteiger partial charge in [0.15, 0.2) is 0 Å². The van der Waals surface area contributed by atoms with Gasteiger partial charge in [-0.2, -0.15) is 0 Å². The number of benzene rings is 2. The largest absolute Gasteiger partial charge is 0.331 e. The number of terminal acetylenes is 1. The highest BCUT2D eigenvalue weighted by Gasteiger charge is 2.17. The van der Waals surface area contributed by atoms with Crippen LogP contribution in [0.1, 0.15) is 29.7 Å². The Morgan fingerprint density at radius 1 is 1.31 bits per heavy atom. The molecule has 0 aliphatic carbocycles. The van der Waals surface area contributed by atoms with Gasteiger partial charge in [-0.15, -0.1) is 6.42 Å². The molecule has 2 aromatic carbocycles. The second-order valence-corrected chi connectivity index (χ2v) is 6.07. The van der Waals surface area contributed by atoms with Crippen molar-refractivity contribution in [2.45, 2.75) is 26.4 Å². The number of nitro groups is 1. The molecule has 26 heavy (non-hydrogen) atoms. The molecule has 2 rings (SSSR count). The molecule has 0 saturated heterocycles. The Balaban J connectivity index is 2.08. The first-order valence-corrected chi connectivity index (χ1v) is 8.19. The van der Waals surface area contributed by atoms with E-state index in [-0.39, 0.29) is 24.3 Å². The molecular weight excluding hydrogens is 330 g/mol. The lowest BCUT2D eigenvalue weighted by atomic mass is 10.1. The van der Waals surface area contributed by atoms with Crippen LogP contribution in [0.25, 0.3) is 0 Å². The van der Waals surface area contributed by atoms with Gasteiger partial charge in [0.1, 0.15) is 0 Å². The lowest BCUT2D eigenvalue weighted by Crippen LogP contribution is -2.40. The number of nitrogens with one attached hydrogen (secondary N) is 1. The van der Waals surface area contributed by atoms with Gasteiger partial charge in [-0.1, -0.05) is 47.9 Å². The number of carbonyl (C=O) groups is 1. The predicted molar refractivity (Wildman–Crippen MR) is 100 cm³/mol. The molecule has 1 atom stereocenters. The maximum Gasteiger partial charge on any atom is 0.318 e. The molecule has 1 unspecified atom stereocenters. The van der Waals surface area contributed by atoms with E-state index < -0.39 is 4.92 Å². The second kappa shape index (κ2) is 8.67. The summed E-state index contributed by atoms with van der Waals surface area (Å²) in [6.07, 6.45) is 5.39. The third-order valence-electron chi connectivity index (χ3n) is 3.98. The number of urea groups is 1. The number of nitrogens with zero attached hydrogens (tertiary/aromatic N) is 2. The third kappa shape index (κ3) is 5.08. The Kier molecular flexibility index (Phi) is 6.34. The molecule has 0 saturated carbocycles. The highest BCUT2D eigenvalue weighted by molar-refractivity contribution is 5.75. The molecule has 134 valence electrons. The summed E-state index contributed by atoms with van der Waals surface area (Å²) in [5.74, 6) is 2.49. The van der Waals surface area contributed by atoms with Gasteiger partial charge in [0.25, 0.3) is 5.69 Å². The van der Waals surface area contributed by atoms with E-state index in [0.29, 0.717) is 12.1 Å². The minimum atomic E-state index is -0.458. The average Bonchev–Trinajstić information content (AvgIpc) is 2.63. The van der Waals surface area contributed by atoms with E-state index in [2.05, 4.69) is 11.2 Å². The smallest absolute Gasteiger partial charge is 0.318 e. The molecule has 6 heteroatoms. The average molecular weight is 351 g/mol. The fourth-order valence-corrected chi connectivity index (χ4v) is 2.49. The van der Waals surface area contributed by atoms with Crippen LogP contribution >= 0.6 is 0 Å². The first-order valence-electron chi connectivity index (χ1n) is 8.19. The quantitative estimate of drug-likeness (QED) is 0.488. The standard InChI is InChI=1S/C20H21N3O3/c1-4-12-22(14-17-10-8-15(2)9-11-17)20(24)21-16(3)18-6-5-7-19(13-18)23(25)26/h1,5-11,13,16H,12,14H2,2-3H3,(H,21,24). The summed E-state index contributed by atoms with van der Waals surface area (Å²) in [5, 5.41) is 13.8. The number of aryl methyl sites for hydroxylation is 1. The zero-order valence-corrected chi connectivity index (χ0v) is 14.8. The highest BCUT2D eigenvalue weighted by Crippen LogP contribution is 2.19. The van der Waals surface area contributed by atoms with Gasteiger partial charge in [0, 0.05) is 18.7 Å². The van der Waals surface area contributed by atoms with Crippen molar-refractivity contribution < 1.29 is 9.72 Å². The fraction of sp³-hybridized carbons (Fsp3) is 0.250. The lowest BCUT2D eigenvalue weighted by molar-refractivity contribution is -0.384. The van der Waals surface area contributed by atoms with E-state index >= 15 is 0 Å². The van der Waals surface area contributed by atoms with Crippen LogP contribution in [0.5, 0.6) is 0 Å². The van der Waals surface area contributed by atoms with Crippen molar-refractivity contribution in [3.63, 3.8) is 0 Å². The summed E-state index contributed by atoms with van der Waals surface area (Å²) in [6, 6.07) is 13.4. The van der Waals surface area contributed by atoms with E-state index in [9.17, 15) is 14.9 Å². The van der Waals surface area contributed by atoms with Crippen LogP contribution in [0.2, 0.25) is 0 Å². The summed E-state index contributed by atoms with van der Waals surface area (Å²) >= 11 is 0. The zero-order chi connectivity index (χ0) is 19.1. The van der Waals surface area contributed by atoms with Gasteiger partial charge in [-0.05, 0) is 25.0 Å². The summed E-state index contributed by atoms with van der Waals surface area (Å²) < 4.78 is 0. The number of hydrogen-bond acceptors (Lipinski definition) is 3. The maximum atomic E-state index is 12.6. The van der Waals surface area contributed by atoms with E-state index in [1.165, 1.54) is 17.0 Å². The van der Waals surface area contributed by atoms with Crippen LogP contribution in [-0.2, 0) is 6.54 Å². The summed E-state index contributed by atoms with van der Waals surface area (Å²) in [6.45, 7) is 4.33. The van der Waals surface area contributed by atoms with Crippen molar-refractivity contribution >= 4 is 11.7 Å². The molecule has 2 aromatic rings. The van der Waals surface area contributed by atoms with Crippen molar-refractivity contribution in [3.8, 4) is 12.3 Å². The second-order valence-electron chi connectivity index (χ2n) is 6.07. The van der Waals surface area contributed by atoms with E-state index in [1.54, 1.807) is 19.1 Å². The summed E-state index contributed by atoms with van der Waals surface area (Å²) in [5.41, 5.74) is 2.76. The lowest BCUT2D eigenvalue weighted by Gasteiger charge is -2.24. The minimum absolute atomic E-state index is 0.0104. The normalized spacial score (nSPS) is 11.3. The van der Waals surface area contributed by atoms with Crippen molar-refractivity contribution in [1.29, 1.82) is 0 Å². The zero-order valence-electron chi connectivity index (χ0n) is 14.8. The number of amides is 2. The third-order valence-corrected chi connectivity index (χ3v) is 3.98. The van der Waals surface area contributed by atoms with Gasteiger partial charge in [0.2, 0.25) is 0 Å². The van der Waals surface area contributed by atoms with E-state index in [4.69, 9.17) is 6.42 Å². The number of rotatable bonds is 6. The first kappa shape index (κ1) is 19.0. The van der Waals surface area contributed by atoms with Gasteiger partial charge in [-0.25, -0.2) is 4.79 Å². The van der Waals surface area contributed by atoms with Crippen LogP contribution < -0.4 is 5.32 Å². The summed E-state index contributed by atoms with van der Waals surface area (Å²) in [4.78, 5) is 24.6. The predicted octanol–water partition coefficient (Wildman–Crippen LogP) is 3.81. The number of nitro benzene ring substituents is 1. The SMILES string of the molecule is C#CCN(Cc1ccc(C)cc1)C(=O)NC(C)c1cccc([N+](=O)[O-])c1. The molecular formula is C20H21N3O3. The Morgan fingerprint density at radius 2 is 2.00 bits per heavy atom. The summed E-state index contributed by atoms with van der Waals surface area (Å²) in [7, 11) is 0. The maximum absolute atomic E-state index is 12.6.